The Labute approximate surface area is 140 Å². The van der Waals surface area contributed by atoms with E-state index in [0.29, 0.717) is 18.4 Å². The summed E-state index contributed by atoms with van der Waals surface area (Å²) < 4.78 is 12.9. The van der Waals surface area contributed by atoms with Gasteiger partial charge in [-0.2, -0.15) is 0 Å². The van der Waals surface area contributed by atoms with E-state index in [4.69, 9.17) is 0 Å². The van der Waals surface area contributed by atoms with Crippen LogP contribution in [-0.4, -0.2) is 23.4 Å². The predicted molar refractivity (Wildman–Crippen MR) is 87.1 cm³/mol. The lowest BCUT2D eigenvalue weighted by atomic mass is 9.95. The van der Waals surface area contributed by atoms with Crippen LogP contribution in [0.15, 0.2) is 18.2 Å². The van der Waals surface area contributed by atoms with Gasteiger partial charge in [0.05, 0.1) is 0 Å². The summed E-state index contributed by atoms with van der Waals surface area (Å²) in [6.45, 7) is 6.64. The van der Waals surface area contributed by atoms with Gasteiger partial charge in [-0.05, 0) is 31.5 Å². The van der Waals surface area contributed by atoms with Gasteiger partial charge in [0.15, 0.2) is 11.6 Å². The summed E-state index contributed by atoms with van der Waals surface area (Å²) in [6.07, 6.45) is 1.19. The Hall–Kier alpha value is -2.37. The summed E-state index contributed by atoms with van der Waals surface area (Å²) in [5.41, 5.74) is 0.465. The molecule has 0 bridgehead atoms. The number of imide groups is 1. The second-order valence-electron chi connectivity index (χ2n) is 6.12. The summed E-state index contributed by atoms with van der Waals surface area (Å²) in [4.78, 5) is 44.1. The molecule has 0 saturated carbocycles. The normalized spacial score (nSPS) is 17.0. The zero-order chi connectivity index (χ0) is 18.4. The second-order valence-corrected chi connectivity index (χ2v) is 6.12. The van der Waals surface area contributed by atoms with Crippen LogP contribution in [0.3, 0.4) is 0 Å². The van der Waals surface area contributed by atoms with E-state index >= 15 is 0 Å². The standard InChI is InChI=1S/C12H13FO2.C6H9NO2/c1-7(2)12(15)10-5-4-9(13)6-11(10)8(3)14;1-4-2-3-5(8)7-6(4)9/h4-7H,1-3H3;4H,2-3H2,1H3,(H,7,8,9). The monoisotopic (exact) mass is 335 g/mol. The van der Waals surface area contributed by atoms with E-state index in [-0.39, 0.29) is 40.8 Å². The predicted octanol–water partition coefficient (Wildman–Crippen LogP) is 2.93. The lowest BCUT2D eigenvalue weighted by Gasteiger charge is -2.15. The molecule has 0 aromatic heterocycles. The Morgan fingerprint density at radius 3 is 2.29 bits per heavy atom. The number of benzene rings is 1. The van der Waals surface area contributed by atoms with E-state index in [2.05, 4.69) is 5.32 Å². The van der Waals surface area contributed by atoms with Crippen LogP contribution in [0.2, 0.25) is 0 Å². The van der Waals surface area contributed by atoms with Crippen LogP contribution >= 0.6 is 0 Å². The van der Waals surface area contributed by atoms with E-state index < -0.39 is 5.82 Å². The van der Waals surface area contributed by atoms with Gasteiger partial charge in [-0.25, -0.2) is 4.39 Å². The van der Waals surface area contributed by atoms with Gasteiger partial charge in [0.2, 0.25) is 11.8 Å². The van der Waals surface area contributed by atoms with Crippen molar-refractivity contribution in [1.82, 2.24) is 5.32 Å². The molecule has 1 saturated heterocycles. The molecular weight excluding hydrogens is 313 g/mol. The number of carbonyl (C=O) groups excluding carboxylic acids is 4. The van der Waals surface area contributed by atoms with Crippen molar-refractivity contribution in [3.05, 3.63) is 35.1 Å². The lowest BCUT2D eigenvalue weighted by Crippen LogP contribution is -2.39. The molecule has 0 spiro atoms. The number of ketones is 2. The quantitative estimate of drug-likeness (QED) is 0.680. The first-order valence-electron chi connectivity index (χ1n) is 7.81. The second kappa shape index (κ2) is 8.47. The minimum Gasteiger partial charge on any atom is -0.296 e. The van der Waals surface area contributed by atoms with E-state index in [9.17, 15) is 23.6 Å². The lowest BCUT2D eigenvalue weighted by molar-refractivity contribution is -0.135. The van der Waals surface area contributed by atoms with Crippen LogP contribution in [0.1, 0.15) is 61.3 Å². The highest BCUT2D eigenvalue weighted by atomic mass is 19.1. The highest BCUT2D eigenvalue weighted by molar-refractivity contribution is 6.08. The smallest absolute Gasteiger partial charge is 0.229 e. The first-order valence-corrected chi connectivity index (χ1v) is 7.81. The van der Waals surface area contributed by atoms with Crippen LogP contribution in [0.4, 0.5) is 4.39 Å². The topological polar surface area (TPSA) is 80.3 Å². The maximum absolute atomic E-state index is 12.9. The summed E-state index contributed by atoms with van der Waals surface area (Å²) >= 11 is 0. The summed E-state index contributed by atoms with van der Waals surface area (Å²) in [5.74, 6) is -1.39. The van der Waals surface area contributed by atoms with Gasteiger partial charge in [0.25, 0.3) is 0 Å². The molecule has 1 aliphatic heterocycles. The molecule has 1 fully saturated rings. The van der Waals surface area contributed by atoms with Crippen molar-refractivity contribution < 1.29 is 23.6 Å². The number of piperidine rings is 1. The number of halogens is 1. The molecule has 130 valence electrons. The molecule has 1 aromatic carbocycles. The summed E-state index contributed by atoms with van der Waals surface area (Å²) in [6, 6.07) is 3.68. The van der Waals surface area contributed by atoms with Crippen LogP contribution in [0.25, 0.3) is 0 Å². The van der Waals surface area contributed by atoms with E-state index in [1.807, 2.05) is 6.92 Å². The molecule has 24 heavy (non-hydrogen) atoms. The summed E-state index contributed by atoms with van der Waals surface area (Å²) in [5, 5.41) is 2.25. The molecule has 2 rings (SSSR count). The maximum Gasteiger partial charge on any atom is 0.229 e. The highest BCUT2D eigenvalue weighted by Crippen LogP contribution is 2.16. The van der Waals surface area contributed by atoms with E-state index in [1.54, 1.807) is 13.8 Å². The fourth-order valence-electron chi connectivity index (χ4n) is 2.14. The van der Waals surface area contributed by atoms with Gasteiger partial charge in [0.1, 0.15) is 5.82 Å². The molecule has 0 aliphatic carbocycles. The van der Waals surface area contributed by atoms with Crippen molar-refractivity contribution in [2.45, 2.75) is 40.5 Å². The average Bonchev–Trinajstić information content (AvgIpc) is 2.51. The van der Waals surface area contributed by atoms with Crippen molar-refractivity contribution in [1.29, 1.82) is 0 Å². The van der Waals surface area contributed by atoms with Crippen molar-refractivity contribution in [3.63, 3.8) is 0 Å². The third kappa shape index (κ3) is 5.37. The number of nitrogens with one attached hydrogen (secondary N) is 1. The van der Waals surface area contributed by atoms with Crippen LogP contribution in [0, 0.1) is 17.7 Å². The molecule has 1 aliphatic rings. The van der Waals surface area contributed by atoms with Crippen LogP contribution in [-0.2, 0) is 9.59 Å². The van der Waals surface area contributed by atoms with Gasteiger partial charge in [-0.1, -0.05) is 20.8 Å². The van der Waals surface area contributed by atoms with Crippen LogP contribution in [0.5, 0.6) is 0 Å². The minimum atomic E-state index is -0.500. The fraction of sp³-hybridized carbons (Fsp3) is 0.444. The number of rotatable bonds is 3. The summed E-state index contributed by atoms with van der Waals surface area (Å²) in [7, 11) is 0. The number of hydrogen-bond donors (Lipinski definition) is 1. The first kappa shape index (κ1) is 19.7. The minimum absolute atomic E-state index is 0.0164. The number of carbonyl (C=O) groups is 4. The van der Waals surface area contributed by atoms with Crippen molar-refractivity contribution in [2.24, 2.45) is 11.8 Å². The molecule has 1 N–H and O–H groups in total. The Morgan fingerprint density at radius 2 is 1.83 bits per heavy atom. The van der Waals surface area contributed by atoms with Crippen molar-refractivity contribution in [3.8, 4) is 0 Å². The Morgan fingerprint density at radius 1 is 1.21 bits per heavy atom. The third-order valence-electron chi connectivity index (χ3n) is 3.67. The van der Waals surface area contributed by atoms with E-state index in [0.717, 1.165) is 6.07 Å². The van der Waals surface area contributed by atoms with Crippen molar-refractivity contribution >= 4 is 23.4 Å². The SMILES string of the molecule is CC(=O)c1cc(F)ccc1C(=O)C(C)C.CC1CCC(=O)NC1=O. The van der Waals surface area contributed by atoms with Gasteiger partial charge in [0, 0.05) is 29.4 Å². The van der Waals surface area contributed by atoms with Crippen molar-refractivity contribution in [2.75, 3.05) is 0 Å². The average molecular weight is 335 g/mol. The fourth-order valence-corrected chi connectivity index (χ4v) is 2.14. The molecule has 0 radical (unpaired) electrons. The Bertz CT molecular complexity index is 667. The van der Waals surface area contributed by atoms with Gasteiger partial charge in [-0.3, -0.25) is 24.5 Å². The van der Waals surface area contributed by atoms with E-state index in [1.165, 1.54) is 19.1 Å². The number of amides is 2. The molecule has 1 atom stereocenters. The number of Topliss-reactive ketones (excluding diaryl/α,β-unsaturated/α-hetero) is 2. The molecule has 2 amide bonds. The molecule has 5 nitrogen and oxygen atoms in total. The Kier molecular flexibility index (Phi) is 6.95. The largest absolute Gasteiger partial charge is 0.296 e. The van der Waals surface area contributed by atoms with Crippen LogP contribution < -0.4 is 5.32 Å². The third-order valence-corrected chi connectivity index (χ3v) is 3.67. The van der Waals surface area contributed by atoms with Gasteiger partial charge < -0.3 is 0 Å². The van der Waals surface area contributed by atoms with Gasteiger partial charge >= 0.3 is 0 Å². The molecule has 1 heterocycles. The maximum atomic E-state index is 12.9. The molecular formula is C18H22FNO4. The molecule has 6 heteroatoms. The molecule has 1 unspecified atom stereocenters. The zero-order valence-electron chi connectivity index (χ0n) is 14.3. The molecule has 1 aromatic rings. The highest BCUT2D eigenvalue weighted by Gasteiger charge is 2.21. The van der Waals surface area contributed by atoms with Gasteiger partial charge in [-0.15, -0.1) is 0 Å². The first-order chi connectivity index (χ1) is 11.1. The Balaban J connectivity index is 0.000000272. The number of hydrogen-bond acceptors (Lipinski definition) is 4. The zero-order valence-corrected chi connectivity index (χ0v) is 14.3.